The van der Waals surface area contributed by atoms with E-state index in [-0.39, 0.29) is 11.1 Å². The van der Waals surface area contributed by atoms with Gasteiger partial charge in [0.05, 0.1) is 23.3 Å². The minimum atomic E-state index is -1.38. The molecular weight excluding hydrogens is 741 g/mol. The van der Waals surface area contributed by atoms with E-state index in [9.17, 15) is 19.8 Å². The van der Waals surface area contributed by atoms with Crippen LogP contribution in [0.1, 0.15) is 54.1 Å². The Balaban J connectivity index is 1.19. The highest BCUT2D eigenvalue weighted by Crippen LogP contribution is 2.28. The van der Waals surface area contributed by atoms with E-state index in [1.54, 1.807) is 24.3 Å². The number of nitrogens with one attached hydrogen (secondary N) is 2. The molecule has 0 aliphatic heterocycles. The van der Waals surface area contributed by atoms with Gasteiger partial charge in [-0.2, -0.15) is 0 Å². The first-order valence-electron chi connectivity index (χ1n) is 20.6. The summed E-state index contributed by atoms with van der Waals surface area (Å²) in [4.78, 5) is 28.8. The fourth-order valence-electron chi connectivity index (χ4n) is 8.15. The van der Waals surface area contributed by atoms with E-state index >= 15 is 0 Å². The van der Waals surface area contributed by atoms with Crippen LogP contribution in [0.5, 0.6) is 0 Å². The van der Waals surface area contributed by atoms with Crippen LogP contribution in [-0.4, -0.2) is 45.3 Å². The summed E-state index contributed by atoms with van der Waals surface area (Å²) in [5.74, 6) is -0.814. The van der Waals surface area contributed by atoms with Crippen LogP contribution in [-0.2, 0) is 38.5 Å². The molecule has 0 saturated heterocycles. The van der Waals surface area contributed by atoms with Gasteiger partial charge >= 0.3 is 0 Å². The maximum Gasteiger partial charge on any atom is 0.251 e. The second-order valence-corrected chi connectivity index (χ2v) is 15.9. The number of amides is 2. The van der Waals surface area contributed by atoms with Gasteiger partial charge in [0.25, 0.3) is 11.8 Å². The first-order valence-corrected chi connectivity index (χ1v) is 20.6. The molecule has 0 fully saturated rings. The summed E-state index contributed by atoms with van der Waals surface area (Å²) in [6, 6.07) is 64.3. The number of rotatable bonds is 18. The van der Waals surface area contributed by atoms with Crippen LogP contribution >= 0.6 is 0 Å². The molecule has 7 rings (SSSR count). The van der Waals surface area contributed by atoms with Crippen LogP contribution in [0.25, 0.3) is 0 Å². The molecule has 7 aromatic carbocycles. The van der Waals surface area contributed by atoms with E-state index in [1.807, 2.05) is 182 Å². The second-order valence-electron chi connectivity index (χ2n) is 15.9. The number of carbonyl (C=O) groups is 2. The number of hydrogen-bond donors (Lipinski definition) is 4. The molecule has 6 nitrogen and oxygen atoms in total. The zero-order chi connectivity index (χ0) is 41.6. The van der Waals surface area contributed by atoms with E-state index in [0.29, 0.717) is 38.5 Å². The van der Waals surface area contributed by atoms with E-state index in [1.165, 1.54) is 0 Å². The summed E-state index contributed by atoms with van der Waals surface area (Å²) in [6.07, 6.45) is 1.99. The predicted molar refractivity (Wildman–Crippen MR) is 240 cm³/mol. The molecule has 6 heteroatoms. The summed E-state index contributed by atoms with van der Waals surface area (Å²) in [6.45, 7) is 0. The van der Waals surface area contributed by atoms with Crippen molar-refractivity contribution in [2.24, 2.45) is 0 Å². The zero-order valence-corrected chi connectivity index (χ0v) is 33.7. The fraction of sp³-hybridized carbons (Fsp3) is 0.185. The van der Waals surface area contributed by atoms with Crippen LogP contribution in [0.2, 0.25) is 0 Å². The number of hydrogen-bond acceptors (Lipinski definition) is 4. The first-order chi connectivity index (χ1) is 29.2. The molecule has 2 amide bonds. The van der Waals surface area contributed by atoms with E-state index < -0.39 is 35.1 Å². The molecule has 0 spiro atoms. The normalized spacial score (nSPS) is 12.6. The standard InChI is InChI=1S/C54H52N2O4/c57-51(55-49(34-41-20-7-1-8-21-41)53(59,37-43-24-11-3-12-25-43)38-44-26-13-4-14-27-44)47-32-19-33-48(36-47)52(58)56-50(35-42-22-9-2-10-23-42)54(60,39-45-28-15-5-16-29-45)40-46-30-17-6-18-31-46/h1-33,36,49-50,59-60H,34-35,37-40H2,(H,55,57)(H,56,58)/t49-,50-/m0/s1. The summed E-state index contributed by atoms with van der Waals surface area (Å²) < 4.78 is 0. The van der Waals surface area contributed by atoms with E-state index in [2.05, 4.69) is 10.6 Å². The molecule has 302 valence electrons. The molecule has 2 atom stereocenters. The molecule has 0 unspecified atom stereocenters. The summed E-state index contributed by atoms with van der Waals surface area (Å²) in [5, 5.41) is 32.0. The topological polar surface area (TPSA) is 98.7 Å². The van der Waals surface area contributed by atoms with Gasteiger partial charge in [0.15, 0.2) is 0 Å². The summed E-state index contributed by atoms with van der Waals surface area (Å²) in [7, 11) is 0. The third-order valence-electron chi connectivity index (χ3n) is 11.3. The third kappa shape index (κ3) is 11.3. The molecule has 0 heterocycles. The largest absolute Gasteiger partial charge is 0.387 e. The van der Waals surface area contributed by atoms with Crippen molar-refractivity contribution >= 4 is 11.8 Å². The summed E-state index contributed by atoms with van der Waals surface area (Å²) in [5.41, 5.74) is 3.55. The maximum absolute atomic E-state index is 14.4. The van der Waals surface area contributed by atoms with E-state index in [0.717, 1.165) is 33.4 Å². The van der Waals surface area contributed by atoms with Crippen molar-refractivity contribution in [2.75, 3.05) is 0 Å². The fourth-order valence-corrected chi connectivity index (χ4v) is 8.15. The van der Waals surface area contributed by atoms with Gasteiger partial charge in [-0.15, -0.1) is 0 Å². The van der Waals surface area contributed by atoms with E-state index in [4.69, 9.17) is 0 Å². The average Bonchev–Trinajstić information content (AvgIpc) is 3.28. The van der Waals surface area contributed by atoms with Crippen LogP contribution in [0, 0.1) is 0 Å². The molecular formula is C54H52N2O4. The quantitative estimate of drug-likeness (QED) is 0.0699. The monoisotopic (exact) mass is 792 g/mol. The Bertz CT molecular complexity index is 2140. The lowest BCUT2D eigenvalue weighted by atomic mass is 9.79. The number of benzene rings is 7. The number of aliphatic hydroxyl groups is 2. The minimum Gasteiger partial charge on any atom is -0.387 e. The Morgan fingerprint density at radius 3 is 0.883 bits per heavy atom. The lowest BCUT2D eigenvalue weighted by Crippen LogP contribution is -2.57. The van der Waals surface area contributed by atoms with Gasteiger partial charge < -0.3 is 20.8 Å². The number of carbonyl (C=O) groups excluding carboxylic acids is 2. The predicted octanol–water partition coefficient (Wildman–Crippen LogP) is 8.80. The molecule has 0 aliphatic carbocycles. The van der Waals surface area contributed by atoms with Crippen molar-refractivity contribution in [3.05, 3.63) is 251 Å². The Morgan fingerprint density at radius 2 is 0.617 bits per heavy atom. The van der Waals surface area contributed by atoms with Gasteiger partial charge in [0, 0.05) is 36.8 Å². The zero-order valence-electron chi connectivity index (χ0n) is 33.7. The van der Waals surface area contributed by atoms with Crippen molar-refractivity contribution in [2.45, 2.75) is 61.8 Å². The molecule has 0 radical (unpaired) electrons. The smallest absolute Gasteiger partial charge is 0.251 e. The van der Waals surface area contributed by atoms with Crippen LogP contribution < -0.4 is 10.6 Å². The van der Waals surface area contributed by atoms with Crippen molar-refractivity contribution in [1.29, 1.82) is 0 Å². The Kier molecular flexibility index (Phi) is 13.8. The van der Waals surface area contributed by atoms with Gasteiger partial charge in [-0.3, -0.25) is 9.59 Å². The Labute approximate surface area is 353 Å². The van der Waals surface area contributed by atoms with Gasteiger partial charge in [-0.1, -0.05) is 188 Å². The van der Waals surface area contributed by atoms with Crippen LogP contribution in [0.3, 0.4) is 0 Å². The van der Waals surface area contributed by atoms with Gasteiger partial charge in [-0.25, -0.2) is 0 Å². The van der Waals surface area contributed by atoms with Crippen molar-refractivity contribution < 1.29 is 19.8 Å². The van der Waals surface area contributed by atoms with Crippen molar-refractivity contribution in [3.8, 4) is 0 Å². The first kappa shape index (κ1) is 41.6. The third-order valence-corrected chi connectivity index (χ3v) is 11.3. The highest BCUT2D eigenvalue weighted by Gasteiger charge is 2.40. The molecule has 60 heavy (non-hydrogen) atoms. The van der Waals surface area contributed by atoms with Crippen LogP contribution in [0.4, 0.5) is 0 Å². The summed E-state index contributed by atoms with van der Waals surface area (Å²) >= 11 is 0. The minimum absolute atomic E-state index is 0.283. The maximum atomic E-state index is 14.4. The van der Waals surface area contributed by atoms with Crippen molar-refractivity contribution in [1.82, 2.24) is 10.6 Å². The Hall–Kier alpha value is -6.60. The van der Waals surface area contributed by atoms with Gasteiger partial charge in [0.2, 0.25) is 0 Å². The molecule has 7 aromatic rings. The molecule has 4 N–H and O–H groups in total. The lowest BCUT2D eigenvalue weighted by molar-refractivity contribution is 0.00221. The highest BCUT2D eigenvalue weighted by molar-refractivity contribution is 6.00. The lowest BCUT2D eigenvalue weighted by Gasteiger charge is -2.38. The van der Waals surface area contributed by atoms with Gasteiger partial charge in [0.1, 0.15) is 0 Å². The van der Waals surface area contributed by atoms with Gasteiger partial charge in [-0.05, 0) is 64.4 Å². The second kappa shape index (κ2) is 19.9. The van der Waals surface area contributed by atoms with Crippen molar-refractivity contribution in [3.63, 3.8) is 0 Å². The highest BCUT2D eigenvalue weighted by atomic mass is 16.3. The molecule has 0 aliphatic rings. The van der Waals surface area contributed by atoms with Crippen LogP contribution in [0.15, 0.2) is 206 Å². The Morgan fingerprint density at radius 1 is 0.367 bits per heavy atom. The molecule has 0 aromatic heterocycles. The average molecular weight is 793 g/mol. The SMILES string of the molecule is O=C(N[C@@H](Cc1ccccc1)C(O)(Cc1ccccc1)Cc1ccccc1)c1cccc(C(=O)N[C@@H](Cc2ccccc2)C(O)(Cc2ccccc2)Cc2ccccc2)c1. The molecule has 0 bridgehead atoms. The molecule has 0 saturated carbocycles.